The summed E-state index contributed by atoms with van der Waals surface area (Å²) in [7, 11) is 0. The molecule has 0 saturated carbocycles. The highest BCUT2D eigenvalue weighted by Gasteiger charge is 2.09. The van der Waals surface area contributed by atoms with Crippen LogP contribution in [-0.4, -0.2) is 32.6 Å². The van der Waals surface area contributed by atoms with Gasteiger partial charge in [0, 0.05) is 23.0 Å². The van der Waals surface area contributed by atoms with Crippen LogP contribution < -0.4 is 10.6 Å². The largest absolute Gasteiger partial charge is 0.480 e. The van der Waals surface area contributed by atoms with Crippen molar-refractivity contribution >= 4 is 35.0 Å². The van der Waals surface area contributed by atoms with E-state index < -0.39 is 5.97 Å². The maximum atomic E-state index is 10.8. The number of carboxylic acids is 1. The third-order valence-electron chi connectivity index (χ3n) is 3.17. The van der Waals surface area contributed by atoms with E-state index in [-0.39, 0.29) is 12.5 Å². The number of nitrogens with one attached hydrogen (secondary N) is 2. The predicted molar refractivity (Wildman–Crippen MR) is 96.1 cm³/mol. The highest BCUT2D eigenvalue weighted by Crippen LogP contribution is 2.23. The van der Waals surface area contributed by atoms with E-state index in [1.807, 2.05) is 24.3 Å². The molecule has 7 nitrogen and oxygen atoms in total. The maximum Gasteiger partial charge on any atom is 0.322 e. The van der Waals surface area contributed by atoms with Gasteiger partial charge in [0.15, 0.2) is 0 Å². The number of halogens is 1. The van der Waals surface area contributed by atoms with E-state index in [1.165, 1.54) is 0 Å². The van der Waals surface area contributed by atoms with Crippen LogP contribution in [0.2, 0.25) is 5.02 Å². The molecule has 0 saturated heterocycles. The van der Waals surface area contributed by atoms with Crippen LogP contribution in [0.1, 0.15) is 0 Å². The molecule has 0 radical (unpaired) electrons. The Kier molecular flexibility index (Phi) is 5.06. The van der Waals surface area contributed by atoms with Crippen molar-refractivity contribution < 1.29 is 9.90 Å². The number of nitrogens with zero attached hydrogens (tertiary/aromatic N) is 3. The Morgan fingerprint density at radius 1 is 1.08 bits per heavy atom. The van der Waals surface area contributed by atoms with Crippen LogP contribution in [0.25, 0.3) is 11.4 Å². The number of anilines is 3. The molecule has 0 bridgehead atoms. The molecule has 0 spiro atoms. The van der Waals surface area contributed by atoms with E-state index in [9.17, 15) is 4.79 Å². The summed E-state index contributed by atoms with van der Waals surface area (Å²) in [6.07, 6.45) is 1.66. The van der Waals surface area contributed by atoms with Crippen LogP contribution in [0.4, 0.5) is 17.5 Å². The number of rotatable bonds is 6. The van der Waals surface area contributed by atoms with E-state index in [2.05, 4.69) is 25.6 Å². The SMILES string of the molecule is O=C(O)CNc1nc(Nc2ccc(Cl)cc2)cc(-c2ccccn2)n1. The van der Waals surface area contributed by atoms with Crippen LogP contribution in [0.3, 0.4) is 0 Å². The lowest BCUT2D eigenvalue weighted by Gasteiger charge is -2.10. The number of aliphatic carboxylic acids is 1. The van der Waals surface area contributed by atoms with E-state index >= 15 is 0 Å². The smallest absolute Gasteiger partial charge is 0.322 e. The molecule has 0 amide bonds. The third kappa shape index (κ3) is 4.65. The van der Waals surface area contributed by atoms with Gasteiger partial charge in [-0.15, -0.1) is 0 Å². The molecule has 2 aromatic heterocycles. The monoisotopic (exact) mass is 355 g/mol. The number of benzene rings is 1. The molecule has 2 heterocycles. The molecule has 8 heteroatoms. The number of aromatic nitrogens is 3. The van der Waals surface area contributed by atoms with Crippen LogP contribution in [0.15, 0.2) is 54.7 Å². The van der Waals surface area contributed by atoms with Gasteiger partial charge in [-0.1, -0.05) is 17.7 Å². The van der Waals surface area contributed by atoms with Crippen LogP contribution in [0, 0.1) is 0 Å². The van der Waals surface area contributed by atoms with Gasteiger partial charge in [-0.05, 0) is 36.4 Å². The summed E-state index contributed by atoms with van der Waals surface area (Å²) in [5, 5.41) is 15.3. The zero-order chi connectivity index (χ0) is 17.6. The van der Waals surface area contributed by atoms with Crippen molar-refractivity contribution in [3.8, 4) is 11.4 Å². The number of hydrogen-bond donors (Lipinski definition) is 3. The molecular formula is C17H14ClN5O2. The summed E-state index contributed by atoms with van der Waals surface area (Å²) in [5.74, 6) is -0.299. The molecule has 1 aromatic carbocycles. The van der Waals surface area contributed by atoms with Gasteiger partial charge in [-0.25, -0.2) is 4.98 Å². The zero-order valence-electron chi connectivity index (χ0n) is 13.0. The van der Waals surface area contributed by atoms with Crippen LogP contribution in [-0.2, 0) is 4.79 Å². The number of hydrogen-bond acceptors (Lipinski definition) is 6. The fourth-order valence-electron chi connectivity index (χ4n) is 2.07. The first-order valence-electron chi connectivity index (χ1n) is 7.39. The van der Waals surface area contributed by atoms with Crippen molar-refractivity contribution in [3.63, 3.8) is 0 Å². The van der Waals surface area contributed by atoms with Gasteiger partial charge in [0.05, 0.1) is 11.4 Å². The second kappa shape index (κ2) is 7.59. The first kappa shape index (κ1) is 16.7. The van der Waals surface area contributed by atoms with Gasteiger partial charge in [-0.3, -0.25) is 9.78 Å². The molecule has 0 aliphatic heterocycles. The molecule has 3 rings (SSSR count). The van der Waals surface area contributed by atoms with Gasteiger partial charge in [0.25, 0.3) is 0 Å². The van der Waals surface area contributed by atoms with Crippen LogP contribution in [0.5, 0.6) is 0 Å². The predicted octanol–water partition coefficient (Wildman–Crippen LogP) is 3.43. The highest BCUT2D eigenvalue weighted by atomic mass is 35.5. The molecule has 0 unspecified atom stereocenters. The van der Waals surface area contributed by atoms with Crippen molar-refractivity contribution in [2.24, 2.45) is 0 Å². The quantitative estimate of drug-likeness (QED) is 0.622. The Labute approximate surface area is 148 Å². The van der Waals surface area contributed by atoms with E-state index in [0.717, 1.165) is 5.69 Å². The summed E-state index contributed by atoms with van der Waals surface area (Å²) in [6, 6.07) is 14.4. The van der Waals surface area contributed by atoms with E-state index in [0.29, 0.717) is 22.2 Å². The van der Waals surface area contributed by atoms with Crippen molar-refractivity contribution in [1.29, 1.82) is 0 Å². The Hall–Kier alpha value is -3.19. The molecule has 0 fully saturated rings. The first-order chi connectivity index (χ1) is 12.1. The third-order valence-corrected chi connectivity index (χ3v) is 3.42. The first-order valence-corrected chi connectivity index (χ1v) is 7.77. The maximum absolute atomic E-state index is 10.8. The fraction of sp³-hybridized carbons (Fsp3) is 0.0588. The second-order valence-electron chi connectivity index (χ2n) is 5.06. The Morgan fingerprint density at radius 2 is 1.88 bits per heavy atom. The number of pyridine rings is 1. The van der Waals surface area contributed by atoms with Gasteiger partial charge in [-0.2, -0.15) is 4.98 Å². The lowest BCUT2D eigenvalue weighted by atomic mass is 10.2. The molecule has 25 heavy (non-hydrogen) atoms. The number of carboxylic acid groups (broad SMARTS) is 1. The van der Waals surface area contributed by atoms with Gasteiger partial charge in [0.2, 0.25) is 5.95 Å². The van der Waals surface area contributed by atoms with Crippen molar-refractivity contribution in [1.82, 2.24) is 15.0 Å². The van der Waals surface area contributed by atoms with Crippen molar-refractivity contribution in [2.45, 2.75) is 0 Å². The minimum atomic E-state index is -1.00. The summed E-state index contributed by atoms with van der Waals surface area (Å²) in [4.78, 5) is 23.7. The molecule has 3 aromatic rings. The summed E-state index contributed by atoms with van der Waals surface area (Å²) in [5.41, 5.74) is 2.02. The normalized spacial score (nSPS) is 10.3. The van der Waals surface area contributed by atoms with Gasteiger partial charge >= 0.3 is 5.97 Å². The standard InChI is InChI=1S/C17H14ClN5O2/c18-11-4-6-12(7-5-11)21-15-9-14(13-3-1-2-8-19-13)22-17(23-15)20-10-16(24)25/h1-9H,10H2,(H,24,25)(H2,20,21,22,23). The minimum absolute atomic E-state index is 0.196. The fourth-order valence-corrected chi connectivity index (χ4v) is 2.20. The average molecular weight is 356 g/mol. The molecular weight excluding hydrogens is 342 g/mol. The van der Waals surface area contributed by atoms with Gasteiger partial charge < -0.3 is 15.7 Å². The zero-order valence-corrected chi connectivity index (χ0v) is 13.7. The van der Waals surface area contributed by atoms with Crippen molar-refractivity contribution in [2.75, 3.05) is 17.2 Å². The van der Waals surface area contributed by atoms with Crippen LogP contribution >= 0.6 is 11.6 Å². The molecule has 0 aliphatic carbocycles. The second-order valence-corrected chi connectivity index (χ2v) is 5.49. The topological polar surface area (TPSA) is 100 Å². The highest BCUT2D eigenvalue weighted by molar-refractivity contribution is 6.30. The summed E-state index contributed by atoms with van der Waals surface area (Å²) < 4.78 is 0. The molecule has 3 N–H and O–H groups in total. The molecule has 0 aliphatic rings. The van der Waals surface area contributed by atoms with Gasteiger partial charge in [0.1, 0.15) is 12.4 Å². The minimum Gasteiger partial charge on any atom is -0.480 e. The molecule has 126 valence electrons. The van der Waals surface area contributed by atoms with Crippen molar-refractivity contribution in [3.05, 3.63) is 59.8 Å². The number of carbonyl (C=O) groups is 1. The summed E-state index contributed by atoms with van der Waals surface area (Å²) in [6.45, 7) is -0.286. The Balaban J connectivity index is 1.93. The summed E-state index contributed by atoms with van der Waals surface area (Å²) >= 11 is 5.89. The average Bonchev–Trinajstić information content (AvgIpc) is 2.62. The Morgan fingerprint density at radius 3 is 2.56 bits per heavy atom. The Bertz CT molecular complexity index is 872. The lowest BCUT2D eigenvalue weighted by Crippen LogP contribution is -2.15. The molecule has 0 atom stereocenters. The lowest BCUT2D eigenvalue weighted by molar-refractivity contribution is -0.134. The van der Waals surface area contributed by atoms with E-state index in [4.69, 9.17) is 16.7 Å². The van der Waals surface area contributed by atoms with E-state index in [1.54, 1.807) is 30.5 Å².